The van der Waals surface area contributed by atoms with Crippen LogP contribution in [0.3, 0.4) is 0 Å². The van der Waals surface area contributed by atoms with Crippen LogP contribution in [0.1, 0.15) is 30.8 Å². The van der Waals surface area contributed by atoms with Crippen molar-refractivity contribution in [3.05, 3.63) is 46.2 Å². The summed E-state index contributed by atoms with van der Waals surface area (Å²) in [4.78, 5) is 10.1. The molecule has 0 aliphatic carbocycles. The predicted octanol–water partition coefficient (Wildman–Crippen LogP) is 4.40. The number of nitrogens with one attached hydrogen (secondary N) is 1. The Labute approximate surface area is 135 Å². The van der Waals surface area contributed by atoms with Gasteiger partial charge in [-0.2, -0.15) is 0 Å². The van der Waals surface area contributed by atoms with Gasteiger partial charge in [-0.3, -0.25) is 0 Å². The number of hydrogen-bond acceptors (Lipinski definition) is 4. The lowest BCUT2D eigenvalue weighted by Crippen LogP contribution is -2.22. The van der Waals surface area contributed by atoms with Crippen LogP contribution in [0.5, 0.6) is 0 Å². The number of nitrogens with zero attached hydrogens (tertiary/aromatic N) is 2. The quantitative estimate of drug-likeness (QED) is 0.828. The van der Waals surface area contributed by atoms with Crippen LogP contribution in [0.15, 0.2) is 34.3 Å². The van der Waals surface area contributed by atoms with E-state index in [0.29, 0.717) is 6.04 Å². The minimum Gasteiger partial charge on any atom is -0.310 e. The second-order valence-corrected chi connectivity index (χ2v) is 6.77. The second-order valence-electron chi connectivity index (χ2n) is 5.32. The summed E-state index contributed by atoms with van der Waals surface area (Å²) in [6.45, 7) is 9.02. The largest absolute Gasteiger partial charge is 0.310 e. The van der Waals surface area contributed by atoms with Gasteiger partial charge in [0, 0.05) is 33.9 Å². The normalized spacial score (nSPS) is 11.1. The molecular formula is C16H20ClN3S. The minimum absolute atomic E-state index is 0.430. The van der Waals surface area contributed by atoms with E-state index in [2.05, 4.69) is 29.1 Å². The van der Waals surface area contributed by atoms with Gasteiger partial charge in [0.05, 0.1) is 0 Å². The summed E-state index contributed by atoms with van der Waals surface area (Å²) in [6, 6.07) is 8.35. The number of halogens is 1. The van der Waals surface area contributed by atoms with Crippen molar-refractivity contribution in [1.29, 1.82) is 0 Å². The molecule has 0 atom stereocenters. The highest BCUT2D eigenvalue weighted by molar-refractivity contribution is 7.99. The van der Waals surface area contributed by atoms with Crippen LogP contribution in [-0.4, -0.2) is 16.0 Å². The van der Waals surface area contributed by atoms with Crippen molar-refractivity contribution in [2.24, 2.45) is 0 Å². The summed E-state index contributed by atoms with van der Waals surface area (Å²) in [5.74, 6) is 0. The van der Waals surface area contributed by atoms with E-state index in [9.17, 15) is 0 Å². The van der Waals surface area contributed by atoms with Crippen molar-refractivity contribution in [3.63, 3.8) is 0 Å². The maximum Gasteiger partial charge on any atom is 0.192 e. The number of aryl methyl sites for hydroxylation is 2. The molecule has 0 saturated heterocycles. The van der Waals surface area contributed by atoms with Crippen molar-refractivity contribution in [1.82, 2.24) is 15.3 Å². The minimum atomic E-state index is 0.430. The van der Waals surface area contributed by atoms with Gasteiger partial charge in [-0.25, -0.2) is 9.97 Å². The second kappa shape index (κ2) is 7.25. The summed E-state index contributed by atoms with van der Waals surface area (Å²) >= 11 is 7.70. The average molecular weight is 322 g/mol. The molecule has 0 spiro atoms. The Balaban J connectivity index is 2.25. The molecule has 1 aromatic heterocycles. The molecule has 0 aliphatic rings. The van der Waals surface area contributed by atoms with Crippen LogP contribution in [0.2, 0.25) is 5.02 Å². The Kier molecular flexibility index (Phi) is 5.62. The molecule has 0 fully saturated rings. The predicted molar refractivity (Wildman–Crippen MR) is 89.1 cm³/mol. The standard InChI is InChI=1S/C16H20ClN3S/c1-10(2)18-9-13-8-14(17)5-6-15(13)21-16-19-11(3)7-12(4)20-16/h5-8,10,18H,9H2,1-4H3. The van der Waals surface area contributed by atoms with Crippen LogP contribution < -0.4 is 5.32 Å². The topological polar surface area (TPSA) is 37.8 Å². The first-order valence-electron chi connectivity index (χ1n) is 6.96. The molecule has 0 radical (unpaired) electrons. The highest BCUT2D eigenvalue weighted by Crippen LogP contribution is 2.30. The van der Waals surface area contributed by atoms with Gasteiger partial charge < -0.3 is 5.32 Å². The Hall–Kier alpha value is -1.10. The van der Waals surface area contributed by atoms with E-state index < -0.39 is 0 Å². The molecule has 2 aromatic rings. The lowest BCUT2D eigenvalue weighted by Gasteiger charge is -2.12. The van der Waals surface area contributed by atoms with Crippen molar-refractivity contribution in [3.8, 4) is 0 Å². The average Bonchev–Trinajstić information content (AvgIpc) is 2.37. The molecule has 0 unspecified atom stereocenters. The highest BCUT2D eigenvalue weighted by atomic mass is 35.5. The molecule has 0 bridgehead atoms. The maximum absolute atomic E-state index is 6.12. The fourth-order valence-corrected chi connectivity index (χ4v) is 3.11. The third kappa shape index (κ3) is 4.99. The van der Waals surface area contributed by atoms with Gasteiger partial charge in [-0.05, 0) is 55.4 Å². The molecule has 0 aliphatic heterocycles. The number of benzene rings is 1. The van der Waals surface area contributed by atoms with Crippen LogP contribution in [-0.2, 0) is 6.54 Å². The van der Waals surface area contributed by atoms with Gasteiger partial charge in [-0.1, -0.05) is 25.4 Å². The molecule has 1 aromatic carbocycles. The molecular weight excluding hydrogens is 302 g/mol. The first-order valence-corrected chi connectivity index (χ1v) is 8.15. The summed E-state index contributed by atoms with van der Waals surface area (Å²) in [5, 5.41) is 4.95. The molecule has 2 rings (SSSR count). The van der Waals surface area contributed by atoms with E-state index in [1.807, 2.05) is 38.1 Å². The molecule has 112 valence electrons. The highest BCUT2D eigenvalue weighted by Gasteiger charge is 2.09. The number of hydrogen-bond donors (Lipinski definition) is 1. The zero-order valence-electron chi connectivity index (χ0n) is 12.8. The molecule has 0 saturated carbocycles. The van der Waals surface area contributed by atoms with Crippen LogP contribution in [0.4, 0.5) is 0 Å². The van der Waals surface area contributed by atoms with E-state index in [1.54, 1.807) is 11.8 Å². The van der Waals surface area contributed by atoms with Crippen LogP contribution >= 0.6 is 23.4 Å². The lowest BCUT2D eigenvalue weighted by molar-refractivity contribution is 0.584. The van der Waals surface area contributed by atoms with E-state index >= 15 is 0 Å². The smallest absolute Gasteiger partial charge is 0.192 e. The Bertz CT molecular complexity index is 609. The van der Waals surface area contributed by atoms with Crippen molar-refractivity contribution in [2.45, 2.75) is 50.3 Å². The van der Waals surface area contributed by atoms with Crippen molar-refractivity contribution in [2.75, 3.05) is 0 Å². The van der Waals surface area contributed by atoms with Gasteiger partial charge in [-0.15, -0.1) is 0 Å². The van der Waals surface area contributed by atoms with Crippen LogP contribution in [0.25, 0.3) is 0 Å². The summed E-state index contributed by atoms with van der Waals surface area (Å²) in [5.41, 5.74) is 3.14. The molecule has 5 heteroatoms. The Morgan fingerprint density at radius 1 is 1.14 bits per heavy atom. The Morgan fingerprint density at radius 2 is 1.81 bits per heavy atom. The van der Waals surface area contributed by atoms with Gasteiger partial charge in [0.15, 0.2) is 5.16 Å². The molecule has 3 nitrogen and oxygen atoms in total. The fraction of sp³-hybridized carbons (Fsp3) is 0.375. The lowest BCUT2D eigenvalue weighted by atomic mass is 10.2. The zero-order valence-corrected chi connectivity index (χ0v) is 14.3. The first kappa shape index (κ1) is 16.3. The van der Waals surface area contributed by atoms with Gasteiger partial charge in [0.25, 0.3) is 0 Å². The van der Waals surface area contributed by atoms with E-state index in [4.69, 9.17) is 11.6 Å². The summed E-state index contributed by atoms with van der Waals surface area (Å²) in [7, 11) is 0. The van der Waals surface area contributed by atoms with Gasteiger partial charge in [0.2, 0.25) is 0 Å². The number of aromatic nitrogens is 2. The zero-order chi connectivity index (χ0) is 15.4. The van der Waals surface area contributed by atoms with Crippen molar-refractivity contribution >= 4 is 23.4 Å². The summed E-state index contributed by atoms with van der Waals surface area (Å²) in [6.07, 6.45) is 0. The molecule has 1 N–H and O–H groups in total. The fourth-order valence-electron chi connectivity index (χ4n) is 1.94. The van der Waals surface area contributed by atoms with Gasteiger partial charge in [0.1, 0.15) is 0 Å². The van der Waals surface area contributed by atoms with E-state index in [-0.39, 0.29) is 0 Å². The molecule has 21 heavy (non-hydrogen) atoms. The first-order chi connectivity index (χ1) is 9.94. The van der Waals surface area contributed by atoms with Gasteiger partial charge >= 0.3 is 0 Å². The van der Waals surface area contributed by atoms with E-state index in [1.165, 1.54) is 5.56 Å². The van der Waals surface area contributed by atoms with E-state index in [0.717, 1.165) is 33.0 Å². The SMILES string of the molecule is Cc1cc(C)nc(Sc2ccc(Cl)cc2CNC(C)C)n1. The monoisotopic (exact) mass is 321 g/mol. The molecule has 0 amide bonds. The number of rotatable bonds is 5. The van der Waals surface area contributed by atoms with Crippen molar-refractivity contribution < 1.29 is 0 Å². The van der Waals surface area contributed by atoms with Crippen LogP contribution in [0, 0.1) is 13.8 Å². The third-order valence-corrected chi connectivity index (χ3v) is 4.10. The molecule has 1 heterocycles. The summed E-state index contributed by atoms with van der Waals surface area (Å²) < 4.78 is 0. The Morgan fingerprint density at radius 3 is 2.43 bits per heavy atom. The third-order valence-electron chi connectivity index (χ3n) is 2.89. The maximum atomic E-state index is 6.12.